The molecule has 0 unspecified atom stereocenters. The largest absolute Gasteiger partial charge is 0.473 e. The second kappa shape index (κ2) is 11.4. The van der Waals surface area contributed by atoms with E-state index in [9.17, 15) is 5.11 Å². The van der Waals surface area contributed by atoms with Crippen LogP contribution in [0.3, 0.4) is 0 Å². The average molecular weight is 418 g/mol. The maximum absolute atomic E-state index is 11.1. The summed E-state index contributed by atoms with van der Waals surface area (Å²) in [6, 6.07) is 0. The van der Waals surface area contributed by atoms with E-state index in [1.165, 1.54) is 0 Å². The van der Waals surface area contributed by atoms with Crippen molar-refractivity contribution in [3.8, 4) is 0 Å². The van der Waals surface area contributed by atoms with Gasteiger partial charge in [-0.15, -0.1) is 0 Å². The molecule has 0 aliphatic heterocycles. The molecule has 4 atom stereocenters. The minimum Gasteiger partial charge on any atom is -0.473 e. The molecule has 29 heavy (non-hydrogen) atoms. The number of aliphatic hydroxyl groups excluding tert-OH is 1. The van der Waals surface area contributed by atoms with Crippen LogP contribution in [0.25, 0.3) is 0 Å². The zero-order chi connectivity index (χ0) is 22.1. The summed E-state index contributed by atoms with van der Waals surface area (Å²) in [4.78, 5) is 25.6. The highest BCUT2D eigenvalue weighted by Gasteiger charge is 2.58. The van der Waals surface area contributed by atoms with Gasteiger partial charge in [-0.1, -0.05) is 12.1 Å². The van der Waals surface area contributed by atoms with Crippen molar-refractivity contribution in [2.75, 3.05) is 40.5 Å². The molecular formula is C19H34N2O8. The third kappa shape index (κ3) is 7.22. The lowest BCUT2D eigenvalue weighted by Crippen LogP contribution is -2.51. The Labute approximate surface area is 171 Å². The maximum atomic E-state index is 11.1. The molecule has 0 heterocycles. The lowest BCUT2D eigenvalue weighted by molar-refractivity contribution is -0.159. The fourth-order valence-corrected chi connectivity index (χ4v) is 4.03. The second-order valence-corrected chi connectivity index (χ2v) is 8.05. The van der Waals surface area contributed by atoms with E-state index >= 15 is 0 Å². The highest BCUT2D eigenvalue weighted by molar-refractivity contribution is 6.27. The normalized spacial score (nSPS) is 31.2. The van der Waals surface area contributed by atoms with Gasteiger partial charge in [0.25, 0.3) is 0 Å². The van der Waals surface area contributed by atoms with Crippen molar-refractivity contribution in [1.82, 2.24) is 4.90 Å². The van der Waals surface area contributed by atoms with Crippen molar-refractivity contribution in [3.63, 3.8) is 0 Å². The van der Waals surface area contributed by atoms with Crippen LogP contribution in [0.4, 0.5) is 0 Å². The minimum absolute atomic E-state index is 0.0335. The maximum Gasteiger partial charge on any atom is 0.414 e. The van der Waals surface area contributed by atoms with Crippen LogP contribution in [0.1, 0.15) is 39.0 Å². The Kier molecular flexibility index (Phi) is 9.97. The van der Waals surface area contributed by atoms with Crippen LogP contribution in [0, 0.1) is 11.3 Å². The first-order valence-electron chi connectivity index (χ1n) is 9.77. The molecule has 2 aliphatic rings. The van der Waals surface area contributed by atoms with Crippen molar-refractivity contribution >= 4 is 18.2 Å². The minimum atomic E-state index is -1.82. The highest BCUT2D eigenvalue weighted by atomic mass is 16.6. The Bertz CT molecular complexity index is 558. The van der Waals surface area contributed by atoms with Crippen LogP contribution >= 0.6 is 0 Å². The van der Waals surface area contributed by atoms with E-state index in [4.69, 9.17) is 34.5 Å². The first-order chi connectivity index (χ1) is 13.6. The summed E-state index contributed by atoms with van der Waals surface area (Å²) in [6.45, 7) is 3.97. The summed E-state index contributed by atoms with van der Waals surface area (Å²) in [5, 5.41) is 38.9. The van der Waals surface area contributed by atoms with Gasteiger partial charge in [-0.25, -0.2) is 9.59 Å². The first-order valence-corrected chi connectivity index (χ1v) is 9.77. The summed E-state index contributed by atoms with van der Waals surface area (Å²) in [6.07, 6.45) is 6.13. The molecule has 0 bridgehead atoms. The number of rotatable bonds is 8. The number of oxime groups is 1. The summed E-state index contributed by atoms with van der Waals surface area (Å²) in [5.41, 5.74) is -0.869. The molecule has 0 aromatic heterocycles. The molecule has 2 rings (SSSR count). The summed E-state index contributed by atoms with van der Waals surface area (Å²) >= 11 is 0. The van der Waals surface area contributed by atoms with E-state index < -0.39 is 17.5 Å². The van der Waals surface area contributed by atoms with E-state index in [-0.39, 0.29) is 24.0 Å². The van der Waals surface area contributed by atoms with Crippen LogP contribution in [-0.2, 0) is 19.2 Å². The quantitative estimate of drug-likeness (QED) is 0.190. The van der Waals surface area contributed by atoms with E-state index in [0.717, 1.165) is 32.2 Å². The van der Waals surface area contributed by atoms with Crippen molar-refractivity contribution in [2.24, 2.45) is 16.5 Å². The molecular weight excluding hydrogens is 384 g/mol. The molecule has 10 heteroatoms. The van der Waals surface area contributed by atoms with Crippen LogP contribution in [-0.4, -0.2) is 95.6 Å². The number of hydrogen-bond acceptors (Lipinski definition) is 8. The van der Waals surface area contributed by atoms with Crippen molar-refractivity contribution < 1.29 is 39.6 Å². The molecule has 0 radical (unpaired) electrons. The number of carboxylic acid groups (broad SMARTS) is 2. The van der Waals surface area contributed by atoms with Gasteiger partial charge in [-0.2, -0.15) is 0 Å². The molecule has 10 nitrogen and oxygen atoms in total. The second-order valence-electron chi connectivity index (χ2n) is 8.05. The number of carbonyl (C=O) groups is 2. The Morgan fingerprint density at radius 3 is 2.38 bits per heavy atom. The van der Waals surface area contributed by atoms with Gasteiger partial charge in [-0.3, -0.25) is 0 Å². The predicted molar refractivity (Wildman–Crippen MR) is 105 cm³/mol. The molecule has 0 aromatic carbocycles. The lowest BCUT2D eigenvalue weighted by atomic mass is 9.62. The van der Waals surface area contributed by atoms with Crippen LogP contribution in [0.2, 0.25) is 0 Å². The van der Waals surface area contributed by atoms with Crippen LogP contribution in [0.5, 0.6) is 0 Å². The Hall–Kier alpha value is -1.75. The van der Waals surface area contributed by atoms with Crippen LogP contribution in [0.15, 0.2) is 5.16 Å². The van der Waals surface area contributed by atoms with Gasteiger partial charge in [0.15, 0.2) is 0 Å². The van der Waals surface area contributed by atoms with Gasteiger partial charge in [0.1, 0.15) is 6.61 Å². The Morgan fingerprint density at radius 2 is 1.83 bits per heavy atom. The third-order valence-electron chi connectivity index (χ3n) is 5.87. The number of carboxylic acids is 2. The van der Waals surface area contributed by atoms with Crippen molar-refractivity contribution in [2.45, 2.75) is 50.7 Å². The van der Waals surface area contributed by atoms with Crippen molar-refractivity contribution in [3.05, 3.63) is 0 Å². The van der Waals surface area contributed by atoms with E-state index in [1.807, 2.05) is 20.3 Å². The van der Waals surface area contributed by atoms with E-state index in [1.54, 1.807) is 0 Å². The highest BCUT2D eigenvalue weighted by Crippen LogP contribution is 2.57. The molecule has 2 aliphatic carbocycles. The fourth-order valence-electron chi connectivity index (χ4n) is 4.03. The van der Waals surface area contributed by atoms with Gasteiger partial charge in [0.2, 0.25) is 0 Å². The number of nitrogens with zero attached hydrogens (tertiary/aromatic N) is 2. The number of likely N-dealkylation sites (N-methyl/N-ethyl adjacent to an activating group) is 1. The summed E-state index contributed by atoms with van der Waals surface area (Å²) in [5.74, 6) is -3.41. The molecule has 0 saturated heterocycles. The van der Waals surface area contributed by atoms with Crippen LogP contribution < -0.4 is 0 Å². The monoisotopic (exact) mass is 418 g/mol. The van der Waals surface area contributed by atoms with Gasteiger partial charge < -0.3 is 34.9 Å². The van der Waals surface area contributed by atoms with Gasteiger partial charge >= 0.3 is 11.9 Å². The number of fused-ring (bicyclic) bond motifs is 1. The Morgan fingerprint density at radius 1 is 1.17 bits per heavy atom. The molecule has 0 aromatic rings. The number of aliphatic carboxylic acids is 2. The smallest absolute Gasteiger partial charge is 0.414 e. The zero-order valence-electron chi connectivity index (χ0n) is 17.4. The topological polar surface area (TPSA) is 149 Å². The SMILES string of the molecule is CN(C)CCO/N=C/[C@H]1CC[C@]2(O)C[C@@H](OCCO)CC[C@]12C.O=C(O)C(=O)O. The van der Waals surface area contributed by atoms with Gasteiger partial charge in [0.05, 0.1) is 24.9 Å². The molecule has 0 amide bonds. The number of ether oxygens (including phenoxy) is 1. The predicted octanol–water partition coefficient (Wildman–Crippen LogP) is 0.415. The zero-order valence-corrected chi connectivity index (χ0v) is 17.4. The average Bonchev–Trinajstić information content (AvgIpc) is 2.90. The number of aliphatic hydroxyl groups is 2. The van der Waals surface area contributed by atoms with Gasteiger partial charge in [0, 0.05) is 30.5 Å². The van der Waals surface area contributed by atoms with Gasteiger partial charge in [-0.05, 0) is 39.8 Å². The molecule has 2 saturated carbocycles. The third-order valence-corrected chi connectivity index (χ3v) is 5.87. The van der Waals surface area contributed by atoms with Crippen molar-refractivity contribution in [1.29, 1.82) is 0 Å². The standard InChI is InChI=1S/C17H32N2O4.C2H2O4/c1-16-6-5-15(22-11-9-20)12-17(16,21)7-4-14(16)13-18-23-10-8-19(2)3;3-1(4)2(5)6/h13-15,20-21H,4-12H2,1-3H3;(H,3,4)(H,5,6)/b18-13+;/t14-,15+,16-,17+;/m1./s1. The molecule has 168 valence electrons. The Balaban J connectivity index is 0.000000612. The van der Waals surface area contributed by atoms with E-state index in [2.05, 4.69) is 17.0 Å². The molecule has 0 spiro atoms. The van der Waals surface area contributed by atoms with E-state index in [0.29, 0.717) is 19.6 Å². The lowest BCUT2D eigenvalue weighted by Gasteiger charge is -2.48. The number of hydrogen-bond donors (Lipinski definition) is 4. The summed E-state index contributed by atoms with van der Waals surface area (Å²) in [7, 11) is 4.00. The molecule has 4 N–H and O–H groups in total. The molecule has 2 fully saturated rings. The first kappa shape index (κ1) is 25.3. The fraction of sp³-hybridized carbons (Fsp3) is 0.842. The summed E-state index contributed by atoms with van der Waals surface area (Å²) < 4.78 is 5.65.